The first-order valence-corrected chi connectivity index (χ1v) is 10.0. The Hall–Kier alpha value is -4.14. The van der Waals surface area contributed by atoms with Gasteiger partial charge in [0.15, 0.2) is 0 Å². The Morgan fingerprint density at radius 2 is 2.16 bits per heavy atom. The number of fused-ring (bicyclic) bond motifs is 2. The summed E-state index contributed by atoms with van der Waals surface area (Å²) in [6.45, 7) is 2.31. The van der Waals surface area contributed by atoms with Gasteiger partial charge in [-0.3, -0.25) is 9.59 Å². The lowest BCUT2D eigenvalue weighted by molar-refractivity contribution is -0.125. The number of benzene rings is 1. The van der Waals surface area contributed by atoms with E-state index >= 15 is 0 Å². The third kappa shape index (κ3) is 4.31. The Bertz CT molecular complexity index is 1250. The van der Waals surface area contributed by atoms with E-state index in [4.69, 9.17) is 9.52 Å². The molecule has 0 radical (unpaired) electrons. The predicted molar refractivity (Wildman–Crippen MR) is 118 cm³/mol. The summed E-state index contributed by atoms with van der Waals surface area (Å²) >= 11 is 0. The van der Waals surface area contributed by atoms with Crippen LogP contribution in [0, 0.1) is 6.92 Å². The second kappa shape index (κ2) is 8.54. The summed E-state index contributed by atoms with van der Waals surface area (Å²) in [5, 5.41) is 14.7. The molecule has 1 atom stereocenters. The summed E-state index contributed by atoms with van der Waals surface area (Å²) in [6, 6.07) is 8.62. The molecule has 3 N–H and O–H groups in total. The molecule has 3 amide bonds. The van der Waals surface area contributed by atoms with Gasteiger partial charge in [0.25, 0.3) is 0 Å². The van der Waals surface area contributed by atoms with Crippen molar-refractivity contribution in [2.75, 3.05) is 12.4 Å². The minimum Gasteiger partial charge on any atom is -0.465 e. The van der Waals surface area contributed by atoms with Crippen LogP contribution in [0.4, 0.5) is 10.6 Å². The number of aromatic nitrogens is 1. The highest BCUT2D eigenvalue weighted by atomic mass is 16.4. The Balaban J connectivity index is 1.44. The standard InChI is InChI=1S/C23H22N4O5/c1-13-16-5-3-4-6-18(16)32-19(13)12-27(2)20(28)8-7-14-9-15-10-17(25-23(30)31)22(29)26-21(15)24-11-14/h3-9,11,17,25H,10,12H2,1-2H3,(H,30,31)(H,24,26,29)/b8-7+. The van der Waals surface area contributed by atoms with Crippen LogP contribution in [0.5, 0.6) is 0 Å². The van der Waals surface area contributed by atoms with Crippen molar-refractivity contribution >= 4 is 40.8 Å². The van der Waals surface area contributed by atoms with Crippen molar-refractivity contribution in [1.82, 2.24) is 15.2 Å². The van der Waals surface area contributed by atoms with E-state index in [1.165, 1.54) is 12.3 Å². The van der Waals surface area contributed by atoms with Gasteiger partial charge in [0.2, 0.25) is 11.8 Å². The Labute approximate surface area is 183 Å². The number of nitrogens with zero attached hydrogens (tertiary/aromatic N) is 2. The quantitative estimate of drug-likeness (QED) is 0.530. The molecule has 1 aromatic carbocycles. The highest BCUT2D eigenvalue weighted by Gasteiger charge is 2.28. The monoisotopic (exact) mass is 434 g/mol. The molecular weight excluding hydrogens is 412 g/mol. The van der Waals surface area contributed by atoms with Gasteiger partial charge >= 0.3 is 6.09 Å². The van der Waals surface area contributed by atoms with Gasteiger partial charge in [-0.1, -0.05) is 18.2 Å². The van der Waals surface area contributed by atoms with Gasteiger partial charge in [0.05, 0.1) is 6.54 Å². The van der Waals surface area contributed by atoms with E-state index in [2.05, 4.69) is 15.6 Å². The number of rotatable bonds is 5. The lowest BCUT2D eigenvalue weighted by Crippen LogP contribution is -2.47. The lowest BCUT2D eigenvalue weighted by atomic mass is 10.0. The number of para-hydroxylation sites is 1. The minimum absolute atomic E-state index is 0.182. The molecule has 1 aliphatic rings. The van der Waals surface area contributed by atoms with E-state index in [1.54, 1.807) is 24.1 Å². The van der Waals surface area contributed by atoms with Gasteiger partial charge in [-0.2, -0.15) is 0 Å². The van der Waals surface area contributed by atoms with Crippen molar-refractivity contribution in [3.8, 4) is 0 Å². The molecule has 32 heavy (non-hydrogen) atoms. The number of amides is 3. The molecule has 0 fully saturated rings. The summed E-state index contributed by atoms with van der Waals surface area (Å²) < 4.78 is 5.88. The third-order valence-corrected chi connectivity index (χ3v) is 5.39. The van der Waals surface area contributed by atoms with Crippen LogP contribution in [-0.4, -0.2) is 46.0 Å². The fourth-order valence-corrected chi connectivity index (χ4v) is 3.63. The average molecular weight is 434 g/mol. The number of hydrogen-bond acceptors (Lipinski definition) is 5. The van der Waals surface area contributed by atoms with Gasteiger partial charge in [0, 0.05) is 36.7 Å². The third-order valence-electron chi connectivity index (χ3n) is 5.39. The maximum absolute atomic E-state index is 12.6. The number of hydrogen-bond donors (Lipinski definition) is 3. The average Bonchev–Trinajstić information content (AvgIpc) is 3.07. The van der Waals surface area contributed by atoms with Crippen LogP contribution in [0.2, 0.25) is 0 Å². The Kier molecular flexibility index (Phi) is 5.63. The van der Waals surface area contributed by atoms with Gasteiger partial charge in [-0.25, -0.2) is 9.78 Å². The van der Waals surface area contributed by atoms with Crippen molar-refractivity contribution in [3.63, 3.8) is 0 Å². The fraction of sp³-hybridized carbons (Fsp3) is 0.217. The summed E-state index contributed by atoms with van der Waals surface area (Å²) in [7, 11) is 1.70. The van der Waals surface area contributed by atoms with E-state index < -0.39 is 18.0 Å². The summed E-state index contributed by atoms with van der Waals surface area (Å²) in [5.74, 6) is 0.465. The highest BCUT2D eigenvalue weighted by molar-refractivity contribution is 5.98. The van der Waals surface area contributed by atoms with E-state index in [9.17, 15) is 14.4 Å². The summed E-state index contributed by atoms with van der Waals surface area (Å²) in [4.78, 5) is 41.2. The first kappa shape index (κ1) is 21.1. The van der Waals surface area contributed by atoms with Crippen LogP contribution in [0.25, 0.3) is 17.0 Å². The number of aryl methyl sites for hydroxylation is 1. The molecule has 4 rings (SSSR count). The van der Waals surface area contributed by atoms with Crippen LogP contribution in [-0.2, 0) is 22.6 Å². The van der Waals surface area contributed by atoms with Crippen molar-refractivity contribution in [2.24, 2.45) is 0 Å². The molecule has 9 nitrogen and oxygen atoms in total. The van der Waals surface area contributed by atoms with E-state index in [0.717, 1.165) is 22.3 Å². The topological polar surface area (TPSA) is 125 Å². The van der Waals surface area contributed by atoms with Crippen LogP contribution in [0.3, 0.4) is 0 Å². The summed E-state index contributed by atoms with van der Waals surface area (Å²) in [6.07, 6.45) is 3.52. The highest BCUT2D eigenvalue weighted by Crippen LogP contribution is 2.26. The molecule has 0 bridgehead atoms. The van der Waals surface area contributed by atoms with Crippen LogP contribution in [0.15, 0.2) is 47.0 Å². The van der Waals surface area contributed by atoms with Crippen LogP contribution < -0.4 is 10.6 Å². The predicted octanol–water partition coefficient (Wildman–Crippen LogP) is 2.94. The number of carboxylic acid groups (broad SMARTS) is 1. The molecule has 0 spiro atoms. The fourth-order valence-electron chi connectivity index (χ4n) is 3.63. The minimum atomic E-state index is -1.27. The normalized spacial score (nSPS) is 15.4. The largest absolute Gasteiger partial charge is 0.465 e. The lowest BCUT2D eigenvalue weighted by Gasteiger charge is -2.23. The second-order valence-corrected chi connectivity index (χ2v) is 7.65. The summed E-state index contributed by atoms with van der Waals surface area (Å²) in [5.41, 5.74) is 3.15. The number of anilines is 1. The molecule has 9 heteroatoms. The first-order chi connectivity index (χ1) is 15.3. The molecule has 0 saturated carbocycles. The zero-order valence-electron chi connectivity index (χ0n) is 17.6. The molecular formula is C23H22N4O5. The number of likely N-dealkylation sites (N-methyl/N-ethyl adjacent to an activating group) is 1. The van der Waals surface area contributed by atoms with E-state index in [-0.39, 0.29) is 12.3 Å². The molecule has 2 aromatic heterocycles. The van der Waals surface area contributed by atoms with Gasteiger partial charge in [0.1, 0.15) is 23.2 Å². The molecule has 1 unspecified atom stereocenters. The van der Waals surface area contributed by atoms with Crippen molar-refractivity contribution in [1.29, 1.82) is 0 Å². The molecule has 164 valence electrons. The number of carbonyl (C=O) groups is 3. The van der Waals surface area contributed by atoms with Crippen LogP contribution >= 0.6 is 0 Å². The van der Waals surface area contributed by atoms with Crippen LogP contribution in [0.1, 0.15) is 22.5 Å². The second-order valence-electron chi connectivity index (χ2n) is 7.65. The molecule has 0 saturated heterocycles. The van der Waals surface area contributed by atoms with E-state index in [1.807, 2.05) is 31.2 Å². The van der Waals surface area contributed by atoms with Crippen molar-refractivity contribution in [3.05, 3.63) is 65.1 Å². The maximum atomic E-state index is 12.6. The zero-order valence-corrected chi connectivity index (χ0v) is 17.6. The molecule has 0 aliphatic carbocycles. The van der Waals surface area contributed by atoms with Gasteiger partial charge in [-0.05, 0) is 36.3 Å². The van der Waals surface area contributed by atoms with E-state index in [0.29, 0.717) is 23.5 Å². The smallest absolute Gasteiger partial charge is 0.405 e. The Morgan fingerprint density at radius 3 is 2.91 bits per heavy atom. The zero-order chi connectivity index (χ0) is 22.8. The number of furan rings is 1. The van der Waals surface area contributed by atoms with Gasteiger partial charge in [-0.15, -0.1) is 0 Å². The van der Waals surface area contributed by atoms with Gasteiger partial charge < -0.3 is 25.1 Å². The molecule has 3 heterocycles. The molecule has 3 aromatic rings. The number of pyridine rings is 1. The Morgan fingerprint density at radius 1 is 1.38 bits per heavy atom. The number of carbonyl (C=O) groups excluding carboxylic acids is 2. The maximum Gasteiger partial charge on any atom is 0.405 e. The molecule has 1 aliphatic heterocycles. The first-order valence-electron chi connectivity index (χ1n) is 10.0. The van der Waals surface area contributed by atoms with Crippen molar-refractivity contribution in [2.45, 2.75) is 25.9 Å². The number of nitrogens with one attached hydrogen (secondary N) is 2. The van der Waals surface area contributed by atoms with Crippen molar-refractivity contribution < 1.29 is 23.9 Å². The SMILES string of the molecule is Cc1c(CN(C)C(=O)/C=C/c2cnc3c(c2)CC(NC(=O)O)C(=O)N3)oc2ccccc12.